The summed E-state index contributed by atoms with van der Waals surface area (Å²) >= 11 is 7.56. The zero-order valence-electron chi connectivity index (χ0n) is 20.7. The smallest absolute Gasteiger partial charge is 0.254 e. The molecular weight excluding hydrogens is 532 g/mol. The van der Waals surface area contributed by atoms with Gasteiger partial charge in [-0.2, -0.15) is 4.31 Å². The Morgan fingerprint density at radius 3 is 2.38 bits per heavy atom. The average Bonchev–Trinajstić information content (AvgIpc) is 3.40. The van der Waals surface area contributed by atoms with Gasteiger partial charge in [0, 0.05) is 44.6 Å². The number of fused-ring (bicyclic) bond motifs is 1. The maximum absolute atomic E-state index is 13.3. The zero-order valence-corrected chi connectivity index (χ0v) is 23.1. The number of amides is 1. The van der Waals surface area contributed by atoms with Gasteiger partial charge in [0.05, 0.1) is 32.1 Å². The molecule has 1 aromatic carbocycles. The fourth-order valence-corrected chi connectivity index (χ4v) is 7.65. The first kappa shape index (κ1) is 26.1. The first-order chi connectivity index (χ1) is 17.7. The Morgan fingerprint density at radius 1 is 1.05 bits per heavy atom. The average molecular weight is 561 g/mol. The summed E-state index contributed by atoms with van der Waals surface area (Å²) in [7, 11) is -1.95. The van der Waals surface area contributed by atoms with Crippen LogP contribution in [0.5, 0.6) is 0 Å². The van der Waals surface area contributed by atoms with Crippen LogP contribution >= 0.6 is 22.9 Å². The van der Waals surface area contributed by atoms with E-state index in [0.29, 0.717) is 55.1 Å². The summed E-state index contributed by atoms with van der Waals surface area (Å²) in [6.07, 6.45) is 1.43. The molecule has 1 N–H and O–H groups in total. The lowest BCUT2D eigenvalue weighted by Crippen LogP contribution is -2.48. The molecule has 37 heavy (non-hydrogen) atoms. The van der Waals surface area contributed by atoms with Crippen LogP contribution in [0.3, 0.4) is 0 Å². The van der Waals surface area contributed by atoms with Crippen LogP contribution in [0.2, 0.25) is 4.34 Å². The number of thiophene rings is 1. The van der Waals surface area contributed by atoms with E-state index in [-0.39, 0.29) is 16.4 Å². The van der Waals surface area contributed by atoms with Gasteiger partial charge < -0.3 is 9.88 Å². The molecule has 196 valence electrons. The lowest BCUT2D eigenvalue weighted by atomic mass is 9.96. The van der Waals surface area contributed by atoms with Crippen molar-refractivity contribution in [3.05, 3.63) is 67.6 Å². The van der Waals surface area contributed by atoms with E-state index in [0.717, 1.165) is 22.2 Å². The Hall–Kier alpha value is -2.50. The molecule has 0 aliphatic carbocycles. The number of rotatable bonds is 7. The van der Waals surface area contributed by atoms with Crippen LogP contribution in [0.1, 0.15) is 36.1 Å². The molecule has 0 bridgehead atoms. The molecule has 3 aromatic rings. The second-order valence-corrected chi connectivity index (χ2v) is 13.2. The van der Waals surface area contributed by atoms with Crippen LogP contribution in [0, 0.1) is 0 Å². The van der Waals surface area contributed by atoms with Crippen molar-refractivity contribution in [1.29, 1.82) is 0 Å². The summed E-state index contributed by atoms with van der Waals surface area (Å²) in [5.74, 6) is -0.487. The van der Waals surface area contributed by atoms with Gasteiger partial charge in [0.1, 0.15) is 0 Å². The fourth-order valence-electron chi connectivity index (χ4n) is 5.10. The lowest BCUT2D eigenvalue weighted by Gasteiger charge is -2.33. The number of nitrogens with one attached hydrogen (secondary N) is 1. The minimum absolute atomic E-state index is 0.0692. The zero-order chi connectivity index (χ0) is 26.3. The summed E-state index contributed by atoms with van der Waals surface area (Å²) in [6, 6.07) is 12.2. The maximum atomic E-state index is 13.3. The minimum Gasteiger partial charge on any atom is -0.322 e. The van der Waals surface area contributed by atoms with Crippen molar-refractivity contribution in [1.82, 2.24) is 14.2 Å². The van der Waals surface area contributed by atoms with Gasteiger partial charge in [-0.05, 0) is 42.3 Å². The van der Waals surface area contributed by atoms with Crippen molar-refractivity contribution in [3.8, 4) is 11.3 Å². The van der Waals surface area contributed by atoms with E-state index < -0.39 is 15.9 Å². The topological polar surface area (TPSA) is 93.8 Å². The third-order valence-corrected chi connectivity index (χ3v) is 10.2. The highest BCUT2D eigenvalue weighted by molar-refractivity contribution is 7.89. The monoisotopic (exact) mass is 560 g/mol. The van der Waals surface area contributed by atoms with E-state index in [4.69, 9.17) is 11.6 Å². The molecule has 1 fully saturated rings. The number of pyridine rings is 1. The molecule has 0 saturated carbocycles. The fraction of sp³-hybridized carbons (Fsp3) is 0.385. The molecule has 1 amide bonds. The molecule has 1 atom stereocenters. The molecule has 5 rings (SSSR count). The van der Waals surface area contributed by atoms with Crippen LogP contribution < -0.4 is 10.5 Å². The molecule has 2 aliphatic rings. The number of halogens is 1. The number of likely N-dealkylation sites (N-methyl/N-ethyl adjacent to an activating group) is 1. The summed E-state index contributed by atoms with van der Waals surface area (Å²) in [5, 5.41) is 0. The number of anilines is 1. The third-order valence-electron chi connectivity index (χ3n) is 7.11. The molecule has 0 spiro atoms. The number of carbonyl (C=O) groups excluding carboxylic acids is 1. The summed E-state index contributed by atoms with van der Waals surface area (Å²) in [6.45, 7) is 4.88. The molecule has 1 saturated heterocycles. The predicted octanol–water partition coefficient (Wildman–Crippen LogP) is 4.12. The van der Waals surface area contributed by atoms with Crippen LogP contribution in [-0.4, -0.2) is 61.7 Å². The highest BCUT2D eigenvalue weighted by Gasteiger charge is 2.37. The van der Waals surface area contributed by atoms with Crippen molar-refractivity contribution >= 4 is 44.6 Å². The van der Waals surface area contributed by atoms with Gasteiger partial charge in [0.25, 0.3) is 5.56 Å². The van der Waals surface area contributed by atoms with Crippen LogP contribution in [0.15, 0.2) is 52.2 Å². The van der Waals surface area contributed by atoms with E-state index in [9.17, 15) is 18.0 Å². The van der Waals surface area contributed by atoms with Crippen molar-refractivity contribution < 1.29 is 13.2 Å². The number of nitrogens with zero attached hydrogens (tertiary/aromatic N) is 3. The standard InChI is InChI=1S/C26H29ClN4O4S2/c1-3-4-20-24-22(29(2)26(20)33)15-21(28-25(24)32)17-5-8-19(9-6-17)37(34,35)31-13-11-30(12-14-31)16-18-7-10-23(27)36-18/h5-10,15,20H,3-4,11-14,16H2,1-2H3,(H,28,32). The Bertz CT molecular complexity index is 1470. The predicted molar refractivity (Wildman–Crippen MR) is 147 cm³/mol. The van der Waals surface area contributed by atoms with E-state index >= 15 is 0 Å². The van der Waals surface area contributed by atoms with Crippen LogP contribution in [0.25, 0.3) is 11.3 Å². The van der Waals surface area contributed by atoms with Gasteiger partial charge in [-0.25, -0.2) is 8.42 Å². The van der Waals surface area contributed by atoms with Crippen molar-refractivity contribution in [2.45, 2.75) is 37.1 Å². The number of H-pyrrole nitrogens is 1. The minimum atomic E-state index is -3.64. The van der Waals surface area contributed by atoms with Gasteiger partial charge in [0.2, 0.25) is 15.9 Å². The van der Waals surface area contributed by atoms with Crippen molar-refractivity contribution in [2.24, 2.45) is 0 Å². The second kappa shape index (κ2) is 10.3. The second-order valence-electron chi connectivity index (χ2n) is 9.46. The Balaban J connectivity index is 1.31. The van der Waals surface area contributed by atoms with Gasteiger partial charge >= 0.3 is 0 Å². The number of piperazine rings is 1. The highest BCUT2D eigenvalue weighted by Crippen LogP contribution is 2.38. The number of carbonyl (C=O) groups is 1. The molecule has 11 heteroatoms. The quantitative estimate of drug-likeness (QED) is 0.469. The normalized spacial score (nSPS) is 18.9. The van der Waals surface area contributed by atoms with E-state index in [2.05, 4.69) is 9.88 Å². The Kier molecular flexibility index (Phi) is 7.30. The number of aromatic nitrogens is 1. The molecule has 2 aromatic heterocycles. The third kappa shape index (κ3) is 5.00. The number of benzene rings is 1. The molecule has 1 unspecified atom stereocenters. The molecule has 4 heterocycles. The van der Waals surface area contributed by atoms with Gasteiger partial charge in [0.15, 0.2) is 0 Å². The molecular formula is C26H29ClN4O4S2. The number of hydrogen-bond acceptors (Lipinski definition) is 6. The maximum Gasteiger partial charge on any atom is 0.254 e. The lowest BCUT2D eigenvalue weighted by molar-refractivity contribution is -0.119. The highest BCUT2D eigenvalue weighted by atomic mass is 35.5. The van der Waals surface area contributed by atoms with E-state index in [1.807, 2.05) is 19.1 Å². The SMILES string of the molecule is CCCC1C(=O)N(C)c2cc(-c3ccc(S(=O)(=O)N4CCN(Cc5ccc(Cl)s5)CC4)cc3)[nH]c(=O)c21. The van der Waals surface area contributed by atoms with Crippen molar-refractivity contribution in [2.75, 3.05) is 38.1 Å². The van der Waals surface area contributed by atoms with Crippen molar-refractivity contribution in [3.63, 3.8) is 0 Å². The molecule has 8 nitrogen and oxygen atoms in total. The van der Waals surface area contributed by atoms with Crippen LogP contribution in [-0.2, 0) is 21.4 Å². The summed E-state index contributed by atoms with van der Waals surface area (Å²) in [5.41, 5.74) is 2.08. The van der Waals surface area contributed by atoms with Gasteiger partial charge in [-0.15, -0.1) is 11.3 Å². The summed E-state index contributed by atoms with van der Waals surface area (Å²) < 4.78 is 28.8. The Morgan fingerprint density at radius 2 is 1.76 bits per heavy atom. The van der Waals surface area contributed by atoms with Crippen LogP contribution in [0.4, 0.5) is 5.69 Å². The number of sulfonamides is 1. The van der Waals surface area contributed by atoms with E-state index in [1.165, 1.54) is 4.31 Å². The van der Waals surface area contributed by atoms with Gasteiger partial charge in [-0.3, -0.25) is 14.5 Å². The Labute approximate surface area is 225 Å². The number of aromatic amines is 1. The molecule has 0 radical (unpaired) electrons. The largest absolute Gasteiger partial charge is 0.322 e. The molecule has 2 aliphatic heterocycles. The first-order valence-corrected chi connectivity index (χ1v) is 14.9. The summed E-state index contributed by atoms with van der Waals surface area (Å²) in [4.78, 5) is 33.6. The van der Waals surface area contributed by atoms with Gasteiger partial charge in [-0.1, -0.05) is 37.1 Å². The number of hydrogen-bond donors (Lipinski definition) is 1. The first-order valence-electron chi connectivity index (χ1n) is 12.3. The van der Waals surface area contributed by atoms with E-state index in [1.54, 1.807) is 53.6 Å².